The summed E-state index contributed by atoms with van der Waals surface area (Å²) < 4.78 is 0. The third kappa shape index (κ3) is 2.37. The van der Waals surface area contributed by atoms with E-state index < -0.39 is 0 Å². The molecule has 1 fully saturated rings. The van der Waals surface area contributed by atoms with E-state index in [1.165, 1.54) is 5.56 Å². The van der Waals surface area contributed by atoms with Gasteiger partial charge in [-0.25, -0.2) is 0 Å². The second-order valence-electron chi connectivity index (χ2n) is 5.61. The van der Waals surface area contributed by atoms with Gasteiger partial charge < -0.3 is 5.32 Å². The Bertz CT molecular complexity index is 458. The van der Waals surface area contributed by atoms with Gasteiger partial charge in [-0.1, -0.05) is 32.9 Å². The van der Waals surface area contributed by atoms with Crippen molar-refractivity contribution in [2.24, 2.45) is 5.41 Å². The molecule has 1 N–H and O–H groups in total. The first-order valence-electron chi connectivity index (χ1n) is 7.00. The summed E-state index contributed by atoms with van der Waals surface area (Å²) in [6.07, 6.45) is 2.24. The van der Waals surface area contributed by atoms with E-state index in [0.29, 0.717) is 12.0 Å². The van der Waals surface area contributed by atoms with Crippen LogP contribution in [0.25, 0.3) is 0 Å². The smallest absolute Gasteiger partial charge is 0.269 e. The number of benzene rings is 1. The predicted molar refractivity (Wildman–Crippen MR) is 76.3 cm³/mol. The fourth-order valence-electron chi connectivity index (χ4n) is 3.26. The second kappa shape index (κ2) is 5.29. The molecule has 1 aromatic carbocycles. The zero-order chi connectivity index (χ0) is 14.0. The maximum Gasteiger partial charge on any atom is 0.269 e. The molecule has 1 aromatic rings. The Morgan fingerprint density at radius 3 is 2.47 bits per heavy atom. The van der Waals surface area contributed by atoms with Gasteiger partial charge in [0.1, 0.15) is 0 Å². The molecule has 0 spiro atoms. The Morgan fingerprint density at radius 1 is 1.37 bits per heavy atom. The van der Waals surface area contributed by atoms with E-state index in [4.69, 9.17) is 0 Å². The van der Waals surface area contributed by atoms with Crippen LogP contribution in [0.2, 0.25) is 0 Å². The van der Waals surface area contributed by atoms with Crippen LogP contribution >= 0.6 is 0 Å². The molecule has 1 aliphatic rings. The molecule has 0 saturated heterocycles. The number of nitrogens with one attached hydrogen (secondary N) is 1. The van der Waals surface area contributed by atoms with E-state index in [9.17, 15) is 10.1 Å². The minimum atomic E-state index is -0.342. The number of nitrogens with zero attached hydrogens (tertiary/aromatic N) is 1. The van der Waals surface area contributed by atoms with Crippen molar-refractivity contribution >= 4 is 5.69 Å². The quantitative estimate of drug-likeness (QED) is 0.653. The first-order valence-corrected chi connectivity index (χ1v) is 7.00. The highest BCUT2D eigenvalue weighted by atomic mass is 16.6. The van der Waals surface area contributed by atoms with Crippen molar-refractivity contribution in [2.75, 3.05) is 6.54 Å². The van der Waals surface area contributed by atoms with Gasteiger partial charge in [-0.15, -0.1) is 0 Å². The fourth-order valence-corrected chi connectivity index (χ4v) is 3.26. The molecule has 0 aromatic heterocycles. The van der Waals surface area contributed by atoms with Crippen LogP contribution in [0.15, 0.2) is 24.3 Å². The Labute approximate surface area is 114 Å². The molecule has 2 rings (SSSR count). The Morgan fingerprint density at radius 2 is 2.00 bits per heavy atom. The average molecular weight is 262 g/mol. The van der Waals surface area contributed by atoms with Gasteiger partial charge >= 0.3 is 0 Å². The van der Waals surface area contributed by atoms with Crippen LogP contribution < -0.4 is 5.32 Å². The summed E-state index contributed by atoms with van der Waals surface area (Å²) in [4.78, 5) is 10.3. The highest BCUT2D eigenvalue weighted by Gasteiger charge is 2.50. The molecule has 0 radical (unpaired) electrons. The van der Waals surface area contributed by atoms with Gasteiger partial charge in [0.05, 0.1) is 4.92 Å². The number of non-ortho nitro benzene ring substituents is 1. The molecule has 3 unspecified atom stereocenters. The maximum atomic E-state index is 10.7. The van der Waals surface area contributed by atoms with Gasteiger partial charge in [0.15, 0.2) is 0 Å². The van der Waals surface area contributed by atoms with Crippen molar-refractivity contribution in [3.8, 4) is 0 Å². The summed E-state index contributed by atoms with van der Waals surface area (Å²) in [5.41, 5.74) is 1.65. The zero-order valence-electron chi connectivity index (χ0n) is 11.8. The first-order chi connectivity index (χ1) is 9.02. The molecule has 3 atom stereocenters. The lowest BCUT2D eigenvalue weighted by Crippen LogP contribution is -2.56. The van der Waals surface area contributed by atoms with Crippen LogP contribution in [0.1, 0.15) is 45.1 Å². The summed E-state index contributed by atoms with van der Waals surface area (Å²) in [6, 6.07) is 7.62. The van der Waals surface area contributed by atoms with Gasteiger partial charge in [0.25, 0.3) is 5.69 Å². The lowest BCUT2D eigenvalue weighted by Gasteiger charge is -2.55. The minimum Gasteiger partial charge on any atom is -0.314 e. The predicted octanol–water partition coefficient (Wildman–Crippen LogP) is 3.48. The molecule has 19 heavy (non-hydrogen) atoms. The molecule has 1 saturated carbocycles. The molecular formula is C15H22N2O2. The van der Waals surface area contributed by atoms with Crippen LogP contribution in [0.4, 0.5) is 5.69 Å². The number of nitro groups is 1. The Balaban J connectivity index is 2.16. The number of hydrogen-bond donors (Lipinski definition) is 1. The monoisotopic (exact) mass is 262 g/mol. The van der Waals surface area contributed by atoms with E-state index in [1.54, 1.807) is 12.1 Å². The van der Waals surface area contributed by atoms with Crippen LogP contribution in [0.3, 0.4) is 0 Å². The molecule has 4 heteroatoms. The minimum absolute atomic E-state index is 0.171. The molecule has 0 aliphatic heterocycles. The molecular weight excluding hydrogens is 240 g/mol. The number of nitro benzene ring substituents is 1. The van der Waals surface area contributed by atoms with Gasteiger partial charge in [-0.3, -0.25) is 10.1 Å². The van der Waals surface area contributed by atoms with Gasteiger partial charge in [0.2, 0.25) is 0 Å². The van der Waals surface area contributed by atoms with E-state index in [2.05, 4.69) is 26.1 Å². The van der Waals surface area contributed by atoms with Crippen LogP contribution in [0.5, 0.6) is 0 Å². The third-order valence-corrected chi connectivity index (χ3v) is 4.78. The number of hydrogen-bond acceptors (Lipinski definition) is 3. The van der Waals surface area contributed by atoms with Crippen molar-refractivity contribution in [3.63, 3.8) is 0 Å². The summed E-state index contributed by atoms with van der Waals surface area (Å²) in [7, 11) is 0. The third-order valence-electron chi connectivity index (χ3n) is 4.78. The SMILES string of the molecule is CCNC1CC(c2ccc([N+](=O)[O-])cc2)C1(C)CC. The van der Waals surface area contributed by atoms with Crippen molar-refractivity contribution in [3.05, 3.63) is 39.9 Å². The van der Waals surface area contributed by atoms with Crippen molar-refractivity contribution < 1.29 is 4.92 Å². The second-order valence-corrected chi connectivity index (χ2v) is 5.61. The highest BCUT2D eigenvalue weighted by molar-refractivity contribution is 5.37. The molecule has 104 valence electrons. The molecule has 0 bridgehead atoms. The number of rotatable bonds is 5. The molecule has 0 heterocycles. The van der Waals surface area contributed by atoms with Crippen LogP contribution in [0, 0.1) is 15.5 Å². The molecule has 0 amide bonds. The summed E-state index contributed by atoms with van der Waals surface area (Å²) in [6.45, 7) is 7.67. The average Bonchev–Trinajstić information content (AvgIpc) is 2.42. The van der Waals surface area contributed by atoms with Gasteiger partial charge in [0, 0.05) is 18.2 Å². The van der Waals surface area contributed by atoms with E-state index in [1.807, 2.05) is 12.1 Å². The lowest BCUT2D eigenvalue weighted by atomic mass is 9.54. The molecule has 1 aliphatic carbocycles. The summed E-state index contributed by atoms with van der Waals surface area (Å²) in [5, 5.41) is 14.2. The van der Waals surface area contributed by atoms with Crippen molar-refractivity contribution in [2.45, 2.75) is 45.6 Å². The summed E-state index contributed by atoms with van der Waals surface area (Å²) >= 11 is 0. The standard InChI is InChI=1S/C15H22N2O2/c1-4-15(3)13(10-14(15)16-5-2)11-6-8-12(9-7-11)17(18)19/h6-9,13-14,16H,4-5,10H2,1-3H3. The summed E-state index contributed by atoms with van der Waals surface area (Å²) in [5.74, 6) is 0.502. The van der Waals surface area contributed by atoms with Crippen molar-refractivity contribution in [1.82, 2.24) is 5.32 Å². The van der Waals surface area contributed by atoms with Crippen molar-refractivity contribution in [1.29, 1.82) is 0 Å². The first kappa shape index (κ1) is 14.0. The van der Waals surface area contributed by atoms with E-state index >= 15 is 0 Å². The Hall–Kier alpha value is -1.42. The maximum absolute atomic E-state index is 10.7. The van der Waals surface area contributed by atoms with Crippen LogP contribution in [-0.2, 0) is 0 Å². The molecule has 4 nitrogen and oxygen atoms in total. The van der Waals surface area contributed by atoms with Gasteiger partial charge in [-0.2, -0.15) is 0 Å². The topological polar surface area (TPSA) is 55.2 Å². The largest absolute Gasteiger partial charge is 0.314 e. The highest BCUT2D eigenvalue weighted by Crippen LogP contribution is 2.54. The zero-order valence-corrected chi connectivity index (χ0v) is 11.8. The lowest BCUT2D eigenvalue weighted by molar-refractivity contribution is -0.384. The normalized spacial score (nSPS) is 29.8. The van der Waals surface area contributed by atoms with E-state index in [-0.39, 0.29) is 16.0 Å². The fraction of sp³-hybridized carbons (Fsp3) is 0.600. The van der Waals surface area contributed by atoms with E-state index in [0.717, 1.165) is 19.4 Å². The van der Waals surface area contributed by atoms with Gasteiger partial charge in [-0.05, 0) is 36.3 Å². The van der Waals surface area contributed by atoms with Crippen LogP contribution in [-0.4, -0.2) is 17.5 Å². The Kier molecular flexibility index (Phi) is 3.90.